The molecule has 0 aliphatic carbocycles. The summed E-state index contributed by atoms with van der Waals surface area (Å²) in [6, 6.07) is 10.4. The Morgan fingerprint density at radius 3 is 2.31 bits per heavy atom. The maximum absolute atomic E-state index is 5.62. The molecule has 0 aliphatic heterocycles. The summed E-state index contributed by atoms with van der Waals surface area (Å²) in [5.41, 5.74) is 1.32. The molecule has 1 heteroatoms. The Hall–Kier alpha value is -0.690. The van der Waals surface area contributed by atoms with Crippen molar-refractivity contribution in [2.24, 2.45) is 11.3 Å². The van der Waals surface area contributed by atoms with Crippen molar-refractivity contribution < 1.29 is 0 Å². The number of hydrogen-bond acceptors (Lipinski definition) is 1. The summed E-state index contributed by atoms with van der Waals surface area (Å²) < 4.78 is 0. The first-order valence-corrected chi connectivity index (χ1v) is 6.48. The molecule has 0 amide bonds. The van der Waals surface area contributed by atoms with E-state index in [1.54, 1.807) is 0 Å². The summed E-state index contributed by atoms with van der Waals surface area (Å²) >= 11 is 5.62. The molecule has 0 saturated carbocycles. The van der Waals surface area contributed by atoms with E-state index in [1.165, 1.54) is 12.0 Å². The maximum atomic E-state index is 5.62. The first-order chi connectivity index (χ1) is 7.47. The lowest BCUT2D eigenvalue weighted by Gasteiger charge is -2.29. The largest absolute Gasteiger partial charge is 0.0837 e. The minimum absolute atomic E-state index is 0.117. The molecular weight excluding hydrogens is 212 g/mol. The van der Waals surface area contributed by atoms with Gasteiger partial charge in [-0.3, -0.25) is 0 Å². The average molecular weight is 234 g/mol. The van der Waals surface area contributed by atoms with Crippen molar-refractivity contribution in [1.82, 2.24) is 0 Å². The van der Waals surface area contributed by atoms with Gasteiger partial charge < -0.3 is 0 Å². The molecular formula is C15H22S. The van der Waals surface area contributed by atoms with Gasteiger partial charge in [-0.05, 0) is 17.9 Å². The van der Waals surface area contributed by atoms with Crippen molar-refractivity contribution >= 4 is 17.1 Å². The van der Waals surface area contributed by atoms with Gasteiger partial charge in [0.25, 0.3) is 0 Å². The summed E-state index contributed by atoms with van der Waals surface area (Å²) in [6.45, 7) is 9.06. The Balaban J connectivity index is 2.80. The lowest BCUT2D eigenvalue weighted by Crippen LogP contribution is -2.25. The van der Waals surface area contributed by atoms with Crippen LogP contribution in [0, 0.1) is 11.3 Å². The third kappa shape index (κ3) is 3.41. The molecule has 0 bridgehead atoms. The third-order valence-electron chi connectivity index (χ3n) is 3.21. The highest BCUT2D eigenvalue weighted by atomic mass is 32.1. The molecule has 1 rings (SSSR count). The molecule has 1 aromatic rings. The number of benzene rings is 1. The van der Waals surface area contributed by atoms with Crippen molar-refractivity contribution in [3.8, 4) is 0 Å². The Kier molecular flexibility index (Phi) is 4.67. The van der Waals surface area contributed by atoms with E-state index in [0.717, 1.165) is 17.2 Å². The Morgan fingerprint density at radius 1 is 1.25 bits per heavy atom. The van der Waals surface area contributed by atoms with E-state index < -0.39 is 0 Å². The maximum Gasteiger partial charge on any atom is 0.0280 e. The molecule has 0 aromatic heterocycles. The van der Waals surface area contributed by atoms with Gasteiger partial charge in [0.2, 0.25) is 0 Å². The lowest BCUT2D eigenvalue weighted by atomic mass is 9.77. The van der Waals surface area contributed by atoms with Crippen molar-refractivity contribution in [3.05, 3.63) is 35.9 Å². The van der Waals surface area contributed by atoms with Crippen molar-refractivity contribution in [1.29, 1.82) is 0 Å². The molecule has 0 aliphatic rings. The highest BCUT2D eigenvalue weighted by molar-refractivity contribution is 7.81. The fraction of sp³-hybridized carbons (Fsp3) is 0.533. The third-order valence-corrected chi connectivity index (χ3v) is 3.99. The van der Waals surface area contributed by atoms with E-state index in [9.17, 15) is 0 Å². The van der Waals surface area contributed by atoms with Crippen LogP contribution < -0.4 is 0 Å². The second-order valence-electron chi connectivity index (χ2n) is 5.30. The predicted molar refractivity (Wildman–Crippen MR) is 76.0 cm³/mol. The zero-order chi connectivity index (χ0) is 12.2. The fourth-order valence-electron chi connectivity index (χ4n) is 2.09. The first-order valence-electron chi connectivity index (χ1n) is 6.07. The van der Waals surface area contributed by atoms with Gasteiger partial charge in [0.15, 0.2) is 0 Å². The van der Waals surface area contributed by atoms with Gasteiger partial charge >= 0.3 is 0 Å². The molecule has 0 heterocycles. The molecule has 1 aromatic carbocycles. The summed E-state index contributed by atoms with van der Waals surface area (Å²) in [7, 11) is 0. The van der Waals surface area contributed by atoms with E-state index in [1.807, 2.05) is 6.07 Å². The number of rotatable bonds is 5. The van der Waals surface area contributed by atoms with E-state index in [4.69, 9.17) is 12.2 Å². The fourth-order valence-corrected chi connectivity index (χ4v) is 2.31. The van der Waals surface area contributed by atoms with E-state index in [0.29, 0.717) is 0 Å². The van der Waals surface area contributed by atoms with Crippen molar-refractivity contribution in [3.63, 3.8) is 0 Å². The number of hydrogen-bond donors (Lipinski definition) is 0. The van der Waals surface area contributed by atoms with Crippen LogP contribution in [0.3, 0.4) is 0 Å². The predicted octanol–water partition coefficient (Wildman–Crippen LogP) is 4.87. The zero-order valence-electron chi connectivity index (χ0n) is 10.8. The SMILES string of the molecule is CC[C@H](C)CC(C)(C)C(=S)c1ccccc1. The van der Waals surface area contributed by atoms with Gasteiger partial charge in [0.1, 0.15) is 0 Å². The second kappa shape index (κ2) is 5.58. The molecule has 0 radical (unpaired) electrons. The average Bonchev–Trinajstić information content (AvgIpc) is 2.28. The second-order valence-corrected chi connectivity index (χ2v) is 5.70. The molecule has 0 spiro atoms. The van der Waals surface area contributed by atoms with Crippen LogP contribution in [0.5, 0.6) is 0 Å². The molecule has 0 nitrogen and oxygen atoms in total. The minimum Gasteiger partial charge on any atom is -0.0837 e. The quantitative estimate of drug-likeness (QED) is 0.517. The normalized spacial score (nSPS) is 13.5. The number of thiocarbonyl (C=S) groups is 1. The summed E-state index contributed by atoms with van der Waals surface area (Å²) in [5.74, 6) is 0.733. The van der Waals surface area contributed by atoms with Gasteiger partial charge in [0.05, 0.1) is 0 Å². The van der Waals surface area contributed by atoms with Gasteiger partial charge in [-0.25, -0.2) is 0 Å². The van der Waals surface area contributed by atoms with Crippen LogP contribution in [-0.4, -0.2) is 4.86 Å². The van der Waals surface area contributed by atoms with Crippen LogP contribution in [0.25, 0.3) is 0 Å². The molecule has 0 saturated heterocycles. The highest BCUT2D eigenvalue weighted by Gasteiger charge is 2.26. The molecule has 0 fully saturated rings. The standard InChI is InChI=1S/C15H22S/c1-5-12(2)11-15(3,4)14(16)13-9-7-6-8-10-13/h6-10,12H,5,11H2,1-4H3/t12-/m0/s1. The lowest BCUT2D eigenvalue weighted by molar-refractivity contribution is 0.371. The zero-order valence-corrected chi connectivity index (χ0v) is 11.6. The summed E-state index contributed by atoms with van der Waals surface area (Å²) in [5, 5.41) is 0. The highest BCUT2D eigenvalue weighted by Crippen LogP contribution is 2.31. The van der Waals surface area contributed by atoms with Gasteiger partial charge in [-0.2, -0.15) is 0 Å². The molecule has 0 unspecified atom stereocenters. The van der Waals surface area contributed by atoms with Crippen molar-refractivity contribution in [2.75, 3.05) is 0 Å². The first kappa shape index (κ1) is 13.4. The Bertz CT molecular complexity index is 338. The van der Waals surface area contributed by atoms with Crippen molar-refractivity contribution in [2.45, 2.75) is 40.5 Å². The topological polar surface area (TPSA) is 0 Å². The molecule has 1 atom stereocenters. The monoisotopic (exact) mass is 234 g/mol. The smallest absolute Gasteiger partial charge is 0.0280 e. The summed E-state index contributed by atoms with van der Waals surface area (Å²) in [4.78, 5) is 1.09. The van der Waals surface area contributed by atoms with E-state index >= 15 is 0 Å². The molecule has 0 N–H and O–H groups in total. The van der Waals surface area contributed by atoms with E-state index in [-0.39, 0.29) is 5.41 Å². The molecule has 88 valence electrons. The van der Waals surface area contributed by atoms with Crippen LogP contribution >= 0.6 is 12.2 Å². The van der Waals surface area contributed by atoms with Crippen LogP contribution in [-0.2, 0) is 0 Å². The van der Waals surface area contributed by atoms with Gasteiger partial charge in [0, 0.05) is 10.3 Å². The Morgan fingerprint density at radius 2 is 1.81 bits per heavy atom. The van der Waals surface area contributed by atoms with E-state index in [2.05, 4.69) is 52.0 Å². The summed E-state index contributed by atoms with van der Waals surface area (Å²) in [6.07, 6.45) is 2.39. The minimum atomic E-state index is 0.117. The van der Waals surface area contributed by atoms with Crippen LogP contribution in [0.15, 0.2) is 30.3 Å². The van der Waals surface area contributed by atoms with Gasteiger partial charge in [-0.15, -0.1) is 0 Å². The van der Waals surface area contributed by atoms with Crippen LogP contribution in [0.4, 0.5) is 0 Å². The van der Waals surface area contributed by atoms with Crippen LogP contribution in [0.1, 0.15) is 46.1 Å². The molecule has 16 heavy (non-hydrogen) atoms. The Labute approximate surface area is 105 Å². The van der Waals surface area contributed by atoms with Crippen LogP contribution in [0.2, 0.25) is 0 Å². The van der Waals surface area contributed by atoms with Gasteiger partial charge in [-0.1, -0.05) is 76.7 Å².